The molecule has 0 aromatic rings. The van der Waals surface area contributed by atoms with Gasteiger partial charge in [0, 0.05) is 6.61 Å². The van der Waals surface area contributed by atoms with Gasteiger partial charge in [-0.3, -0.25) is 0 Å². The lowest BCUT2D eigenvalue weighted by molar-refractivity contribution is -0.258. The first kappa shape index (κ1) is 12.3. The van der Waals surface area contributed by atoms with E-state index >= 15 is 0 Å². The molecule has 0 radical (unpaired) electrons. The van der Waals surface area contributed by atoms with E-state index in [1.165, 1.54) is 0 Å². The van der Waals surface area contributed by atoms with Crippen LogP contribution in [-0.2, 0) is 14.3 Å². The standard InChI is InChI=1S/C8H15NO6/c1-2-14-8-3(9)4(10)5(11)6(15-8)7(12)13/h3-6,8,10-11H,2,9H2,1H3,(H,12,13)/t3?,4-,5-,6?,8+/m0/s1. The summed E-state index contributed by atoms with van der Waals surface area (Å²) in [5.41, 5.74) is 5.51. The lowest BCUT2D eigenvalue weighted by Gasteiger charge is -2.39. The Kier molecular flexibility index (Phi) is 4.00. The smallest absolute Gasteiger partial charge is 0.335 e. The highest BCUT2D eigenvalue weighted by Crippen LogP contribution is 2.20. The zero-order chi connectivity index (χ0) is 11.6. The van der Waals surface area contributed by atoms with Crippen LogP contribution in [0.2, 0.25) is 0 Å². The lowest BCUT2D eigenvalue weighted by Crippen LogP contribution is -2.63. The number of rotatable bonds is 3. The fraction of sp³-hybridized carbons (Fsp3) is 0.875. The topological polar surface area (TPSA) is 122 Å². The maximum absolute atomic E-state index is 10.7. The Balaban J connectivity index is 2.75. The van der Waals surface area contributed by atoms with Gasteiger partial charge in [0.2, 0.25) is 0 Å². The molecule has 1 aliphatic heterocycles. The molecule has 0 aromatic carbocycles. The summed E-state index contributed by atoms with van der Waals surface area (Å²) in [5, 5.41) is 27.5. The number of aliphatic hydroxyl groups excluding tert-OH is 2. The van der Waals surface area contributed by atoms with E-state index in [1.807, 2.05) is 0 Å². The van der Waals surface area contributed by atoms with Gasteiger partial charge in [-0.2, -0.15) is 0 Å². The monoisotopic (exact) mass is 221 g/mol. The van der Waals surface area contributed by atoms with Crippen molar-refractivity contribution < 1.29 is 29.6 Å². The van der Waals surface area contributed by atoms with Gasteiger partial charge in [0.05, 0.1) is 6.04 Å². The summed E-state index contributed by atoms with van der Waals surface area (Å²) in [5.74, 6) is -1.36. The van der Waals surface area contributed by atoms with E-state index in [0.29, 0.717) is 0 Å². The van der Waals surface area contributed by atoms with Gasteiger partial charge in [-0.15, -0.1) is 0 Å². The van der Waals surface area contributed by atoms with Crippen molar-refractivity contribution in [2.24, 2.45) is 5.73 Å². The second-order valence-corrected chi connectivity index (χ2v) is 3.28. The molecular weight excluding hydrogens is 206 g/mol. The van der Waals surface area contributed by atoms with Crippen LogP contribution in [0.15, 0.2) is 0 Å². The van der Waals surface area contributed by atoms with Crippen LogP contribution in [0.5, 0.6) is 0 Å². The number of hydrogen-bond acceptors (Lipinski definition) is 6. The second kappa shape index (κ2) is 4.86. The van der Waals surface area contributed by atoms with Gasteiger partial charge in [-0.1, -0.05) is 0 Å². The normalized spacial score (nSPS) is 41.5. The molecule has 5 atom stereocenters. The van der Waals surface area contributed by atoms with E-state index < -0.39 is 36.6 Å². The zero-order valence-electron chi connectivity index (χ0n) is 8.24. The van der Waals surface area contributed by atoms with Crippen molar-refractivity contribution in [3.8, 4) is 0 Å². The summed E-state index contributed by atoms with van der Waals surface area (Å²) < 4.78 is 9.94. The Morgan fingerprint density at radius 3 is 2.53 bits per heavy atom. The van der Waals surface area contributed by atoms with Gasteiger partial charge in [0.15, 0.2) is 12.4 Å². The quantitative estimate of drug-likeness (QED) is 0.429. The molecule has 0 aromatic heterocycles. The van der Waals surface area contributed by atoms with E-state index in [9.17, 15) is 15.0 Å². The van der Waals surface area contributed by atoms with Crippen molar-refractivity contribution in [2.75, 3.05) is 6.61 Å². The van der Waals surface area contributed by atoms with Crippen LogP contribution in [0.3, 0.4) is 0 Å². The molecule has 1 rings (SSSR count). The Labute approximate surface area is 86.4 Å². The van der Waals surface area contributed by atoms with E-state index in [-0.39, 0.29) is 6.61 Å². The Hall–Kier alpha value is -0.730. The predicted octanol–water partition coefficient (Wildman–Crippen LogP) is -2.12. The summed E-state index contributed by atoms with van der Waals surface area (Å²) in [6.07, 6.45) is -5.46. The van der Waals surface area contributed by atoms with Crippen molar-refractivity contribution in [1.82, 2.24) is 0 Å². The average molecular weight is 221 g/mol. The number of aliphatic carboxylic acids is 1. The third-order valence-electron chi connectivity index (χ3n) is 2.22. The first-order valence-corrected chi connectivity index (χ1v) is 4.60. The fourth-order valence-electron chi connectivity index (χ4n) is 1.40. The van der Waals surface area contributed by atoms with Crippen LogP contribution >= 0.6 is 0 Å². The molecule has 7 heteroatoms. The minimum Gasteiger partial charge on any atom is -0.479 e. The van der Waals surface area contributed by atoms with E-state index in [0.717, 1.165) is 0 Å². The van der Waals surface area contributed by atoms with Crippen LogP contribution in [0.25, 0.3) is 0 Å². The highest BCUT2D eigenvalue weighted by Gasteiger charge is 2.46. The Morgan fingerprint density at radius 1 is 1.47 bits per heavy atom. The lowest BCUT2D eigenvalue weighted by atomic mass is 9.97. The highest BCUT2D eigenvalue weighted by atomic mass is 16.7. The van der Waals surface area contributed by atoms with Crippen LogP contribution in [0.1, 0.15) is 6.92 Å². The molecule has 1 heterocycles. The van der Waals surface area contributed by atoms with Crippen molar-refractivity contribution in [1.29, 1.82) is 0 Å². The average Bonchev–Trinajstić information content (AvgIpc) is 2.18. The van der Waals surface area contributed by atoms with E-state index in [4.69, 9.17) is 20.3 Å². The zero-order valence-corrected chi connectivity index (χ0v) is 8.24. The summed E-state index contributed by atoms with van der Waals surface area (Å²) >= 11 is 0. The minimum absolute atomic E-state index is 0.271. The maximum Gasteiger partial charge on any atom is 0.335 e. The third-order valence-corrected chi connectivity index (χ3v) is 2.22. The number of aliphatic hydroxyl groups is 2. The predicted molar refractivity (Wildman–Crippen MR) is 47.9 cm³/mol. The molecule has 0 aliphatic carbocycles. The first-order chi connectivity index (χ1) is 6.99. The largest absolute Gasteiger partial charge is 0.479 e. The van der Waals surface area contributed by atoms with Crippen LogP contribution in [-0.4, -0.2) is 58.5 Å². The summed E-state index contributed by atoms with van der Waals surface area (Å²) in [6, 6.07) is -0.962. The first-order valence-electron chi connectivity index (χ1n) is 4.60. The maximum atomic E-state index is 10.7. The number of hydrogen-bond donors (Lipinski definition) is 4. The molecule has 0 spiro atoms. The van der Waals surface area contributed by atoms with Crippen LogP contribution in [0, 0.1) is 0 Å². The number of ether oxygens (including phenoxy) is 2. The summed E-state index contributed by atoms with van der Waals surface area (Å²) in [7, 11) is 0. The number of carboxylic acid groups (broad SMARTS) is 1. The van der Waals surface area contributed by atoms with Gasteiger partial charge >= 0.3 is 5.97 Å². The van der Waals surface area contributed by atoms with Gasteiger partial charge in [0.1, 0.15) is 12.2 Å². The molecule has 5 N–H and O–H groups in total. The van der Waals surface area contributed by atoms with Gasteiger partial charge < -0.3 is 30.5 Å². The Bertz CT molecular complexity index is 235. The summed E-state index contributed by atoms with van der Waals surface area (Å²) in [4.78, 5) is 10.7. The van der Waals surface area contributed by atoms with Crippen LogP contribution in [0.4, 0.5) is 0 Å². The van der Waals surface area contributed by atoms with E-state index in [1.54, 1.807) is 6.92 Å². The molecule has 1 fully saturated rings. The molecule has 88 valence electrons. The molecule has 0 saturated carbocycles. The van der Waals surface area contributed by atoms with Gasteiger partial charge in [-0.05, 0) is 6.92 Å². The molecule has 1 saturated heterocycles. The van der Waals surface area contributed by atoms with Crippen molar-refractivity contribution in [3.05, 3.63) is 0 Å². The molecule has 0 amide bonds. The number of carboxylic acids is 1. The van der Waals surface area contributed by atoms with Crippen molar-refractivity contribution in [2.45, 2.75) is 37.6 Å². The number of carbonyl (C=O) groups is 1. The third kappa shape index (κ3) is 2.44. The van der Waals surface area contributed by atoms with Crippen molar-refractivity contribution in [3.63, 3.8) is 0 Å². The number of nitrogens with two attached hydrogens (primary N) is 1. The molecule has 7 nitrogen and oxygen atoms in total. The van der Waals surface area contributed by atoms with Gasteiger partial charge in [0.25, 0.3) is 0 Å². The molecule has 1 aliphatic rings. The molecule has 0 bridgehead atoms. The van der Waals surface area contributed by atoms with Crippen molar-refractivity contribution >= 4 is 5.97 Å². The fourth-order valence-corrected chi connectivity index (χ4v) is 1.40. The molecule has 2 unspecified atom stereocenters. The second-order valence-electron chi connectivity index (χ2n) is 3.28. The Morgan fingerprint density at radius 2 is 2.07 bits per heavy atom. The summed E-state index contributed by atoms with van der Waals surface area (Å²) in [6.45, 7) is 1.96. The molecular formula is C8H15NO6. The van der Waals surface area contributed by atoms with Crippen LogP contribution < -0.4 is 5.73 Å². The highest BCUT2D eigenvalue weighted by molar-refractivity contribution is 5.73. The molecule has 15 heavy (non-hydrogen) atoms. The van der Waals surface area contributed by atoms with E-state index in [2.05, 4.69) is 0 Å². The minimum atomic E-state index is -1.55. The SMILES string of the molecule is CCO[C@@H]1OC(C(=O)O)[C@@H](O)[C@@H](O)C1N. The van der Waals surface area contributed by atoms with Gasteiger partial charge in [-0.25, -0.2) is 4.79 Å².